The largest absolute Gasteiger partial charge is 0.459 e. The molecule has 1 aromatic heterocycles. The number of aliphatic hydroxyl groups is 2. The minimum Gasteiger partial charge on any atom is -0.459 e. The summed E-state index contributed by atoms with van der Waals surface area (Å²) >= 11 is 0. The second-order valence-corrected chi connectivity index (χ2v) is 19.2. The second kappa shape index (κ2) is 20.6. The number of hydrogen-bond donors (Lipinski definition) is 2. The van der Waals surface area contributed by atoms with E-state index >= 15 is 0 Å². The topological polar surface area (TPSA) is 165 Å². The van der Waals surface area contributed by atoms with Gasteiger partial charge in [-0.25, -0.2) is 0 Å². The molecule has 2 unspecified atom stereocenters. The van der Waals surface area contributed by atoms with Gasteiger partial charge in [-0.05, 0) is 92.6 Å². The van der Waals surface area contributed by atoms with Crippen LogP contribution in [0.15, 0.2) is 36.7 Å². The highest BCUT2D eigenvalue weighted by atomic mass is 16.7. The van der Waals surface area contributed by atoms with E-state index in [0.717, 1.165) is 5.57 Å². The van der Waals surface area contributed by atoms with E-state index in [2.05, 4.69) is 23.4 Å². The van der Waals surface area contributed by atoms with Crippen molar-refractivity contribution >= 4 is 11.8 Å². The van der Waals surface area contributed by atoms with Gasteiger partial charge in [-0.3, -0.25) is 14.6 Å². The fraction of sp³-hybridized carbons (Fsp3) is 0.771. The lowest BCUT2D eigenvalue weighted by molar-refractivity contribution is -0.320. The summed E-state index contributed by atoms with van der Waals surface area (Å²) in [5, 5.41) is 23.0. The number of carbonyl (C=O) groups is 2. The van der Waals surface area contributed by atoms with Gasteiger partial charge in [0.2, 0.25) is 0 Å². The fourth-order valence-corrected chi connectivity index (χ4v) is 10.6. The number of cyclic esters (lactones) is 1. The van der Waals surface area contributed by atoms with E-state index in [4.69, 9.17) is 37.9 Å². The molecule has 14 nitrogen and oxygen atoms in total. The van der Waals surface area contributed by atoms with Gasteiger partial charge in [-0.1, -0.05) is 46.1 Å². The zero-order chi connectivity index (χ0) is 45.9. The monoisotopic (exact) mass is 871 g/mol. The number of pyridine rings is 1. The van der Waals surface area contributed by atoms with Crippen LogP contribution in [0.3, 0.4) is 0 Å². The highest BCUT2D eigenvalue weighted by molar-refractivity contribution is 5.84. The number of aromatic nitrogens is 1. The van der Waals surface area contributed by atoms with Crippen molar-refractivity contribution in [1.82, 2.24) is 9.88 Å². The number of esters is 1. The Hall–Kier alpha value is -2.81. The molecule has 4 fully saturated rings. The summed E-state index contributed by atoms with van der Waals surface area (Å²) in [7, 11) is 5.34. The van der Waals surface area contributed by atoms with Crippen molar-refractivity contribution in [3.8, 4) is 11.8 Å². The van der Waals surface area contributed by atoms with Gasteiger partial charge in [0.25, 0.3) is 0 Å². The maximum Gasteiger partial charge on any atom is 0.311 e. The third-order valence-corrected chi connectivity index (χ3v) is 14.2. The molecule has 0 bridgehead atoms. The number of rotatable bonds is 9. The predicted octanol–water partition coefficient (Wildman–Crippen LogP) is 5.11. The van der Waals surface area contributed by atoms with Gasteiger partial charge in [-0.2, -0.15) is 0 Å². The molecular formula is C48H74N2O12. The van der Waals surface area contributed by atoms with Crippen LogP contribution in [0, 0.1) is 41.4 Å². The molecule has 348 valence electrons. The summed E-state index contributed by atoms with van der Waals surface area (Å²) in [5.74, 6) is 2.41. The van der Waals surface area contributed by atoms with Crippen LogP contribution >= 0.6 is 0 Å². The number of likely N-dealkylation sites (N-methyl/N-ethyl adjacent to an activating group) is 1. The van der Waals surface area contributed by atoms with Crippen LogP contribution < -0.4 is 0 Å². The number of nitrogens with zero attached hydrogens (tertiary/aromatic N) is 2. The first-order valence-electron chi connectivity index (χ1n) is 22.4. The second-order valence-electron chi connectivity index (χ2n) is 19.2. The molecule has 18 atom stereocenters. The number of fused-ring (bicyclic) bond motifs is 1. The number of ether oxygens (including phenoxy) is 8. The molecule has 0 spiro atoms. The molecule has 5 heterocycles. The number of Topliss-reactive ketones (excluding diaryl/α,β-unsaturated/α-hetero) is 1. The number of ketones is 1. The maximum atomic E-state index is 14.8. The first-order valence-corrected chi connectivity index (χ1v) is 22.4. The van der Waals surface area contributed by atoms with Crippen molar-refractivity contribution in [3.63, 3.8) is 0 Å². The van der Waals surface area contributed by atoms with E-state index in [-0.39, 0.29) is 44.0 Å². The molecule has 0 aromatic carbocycles. The van der Waals surface area contributed by atoms with Crippen LogP contribution in [-0.2, 0) is 47.5 Å². The van der Waals surface area contributed by atoms with Crippen LogP contribution in [0.5, 0.6) is 0 Å². The Balaban J connectivity index is 1.68. The van der Waals surface area contributed by atoms with Gasteiger partial charge < -0.3 is 53.0 Å². The smallest absolute Gasteiger partial charge is 0.311 e. The average molecular weight is 871 g/mol. The lowest BCUT2D eigenvalue weighted by atomic mass is 9.69. The molecular weight excluding hydrogens is 797 g/mol. The molecule has 4 saturated heterocycles. The predicted molar refractivity (Wildman–Crippen MR) is 231 cm³/mol. The van der Waals surface area contributed by atoms with Crippen molar-refractivity contribution in [3.05, 3.63) is 42.2 Å². The Morgan fingerprint density at radius 2 is 1.71 bits per heavy atom. The van der Waals surface area contributed by atoms with E-state index in [9.17, 15) is 19.8 Å². The first kappa shape index (κ1) is 50.2. The molecule has 0 amide bonds. The highest BCUT2D eigenvalue weighted by Crippen LogP contribution is 2.47. The van der Waals surface area contributed by atoms with E-state index in [1.807, 2.05) is 73.5 Å². The molecule has 0 aliphatic carbocycles. The van der Waals surface area contributed by atoms with E-state index in [1.54, 1.807) is 39.2 Å². The lowest BCUT2D eigenvalue weighted by Gasteiger charge is -2.50. The van der Waals surface area contributed by atoms with Crippen LogP contribution in [-0.4, -0.2) is 144 Å². The Morgan fingerprint density at radius 1 is 1.00 bits per heavy atom. The standard InChI is InChI=1S/C48H74N2O12/c1-15-36-48(11)38(28(3)26-57-48)30(5)39(51)27(2)23-47(10,56-21-17-19-34-18-16-20-49-25-34)43(62-45-40(52)35(50(12)13)22-29(4)58-45)31(6)41(32(7)44(54)60-36)61-37-24-46(9,55-14)42(53)33(8)59-37/h16,18,20,25,27,29-33,35-38,40-43,45,52-53H,3,15,21-24,26H2,1-2,4-14H3/t27-,29-,30?,31+,32-,33+,35+,36-,37?,38+,40-,41+,42+,43-,45+,46-,47-,48-/m1/s1. The zero-order valence-corrected chi connectivity index (χ0v) is 39.3. The summed E-state index contributed by atoms with van der Waals surface area (Å²) in [5.41, 5.74) is -1.92. The highest BCUT2D eigenvalue weighted by Gasteiger charge is 2.57. The van der Waals surface area contributed by atoms with Gasteiger partial charge in [0.05, 0.1) is 48.1 Å². The number of carbonyl (C=O) groups excluding carboxylic acids is 2. The minimum atomic E-state index is -1.32. The summed E-state index contributed by atoms with van der Waals surface area (Å²) < 4.78 is 52.4. The van der Waals surface area contributed by atoms with Crippen LogP contribution in [0.1, 0.15) is 100 Å². The van der Waals surface area contributed by atoms with E-state index in [1.165, 1.54) is 7.11 Å². The zero-order valence-electron chi connectivity index (χ0n) is 39.3. The van der Waals surface area contributed by atoms with Crippen molar-refractivity contribution in [2.75, 3.05) is 34.4 Å². The molecule has 4 aliphatic rings. The summed E-state index contributed by atoms with van der Waals surface area (Å²) in [6, 6.07) is 3.36. The molecule has 2 N–H and O–H groups in total. The molecule has 4 aliphatic heterocycles. The van der Waals surface area contributed by atoms with Crippen LogP contribution in [0.2, 0.25) is 0 Å². The van der Waals surface area contributed by atoms with Gasteiger partial charge >= 0.3 is 5.97 Å². The Morgan fingerprint density at radius 3 is 2.34 bits per heavy atom. The lowest BCUT2D eigenvalue weighted by Crippen LogP contribution is -2.61. The summed E-state index contributed by atoms with van der Waals surface area (Å²) in [4.78, 5) is 35.7. The van der Waals surface area contributed by atoms with Gasteiger partial charge in [0.1, 0.15) is 36.3 Å². The number of hydrogen-bond acceptors (Lipinski definition) is 14. The third kappa shape index (κ3) is 10.7. The first-order chi connectivity index (χ1) is 29.1. The Kier molecular flexibility index (Phi) is 16.7. The van der Waals surface area contributed by atoms with E-state index < -0.39 is 102 Å². The SMILES string of the molecule is C=C1CO[C@]2(C)[C@@H](CC)OC(=O)[C@H](C)[C@@H](OC3C[C@@](C)(OC)[C@@H](O)[C@H](C)O3)[C@H](C)[C@@H](O[C@@H]3O[C@H](C)C[C@H](N(C)C)[C@H]3O)[C@](C)(OCC#Cc3cccnc3)C[C@@H](C)C(=O)C(C)[C@H]12. The average Bonchev–Trinajstić information content (AvgIpc) is 3.54. The quantitative estimate of drug-likeness (QED) is 0.191. The fourth-order valence-electron chi connectivity index (χ4n) is 10.6. The van der Waals surface area contributed by atoms with Gasteiger partial charge in [-0.15, -0.1) is 0 Å². The molecule has 1 aromatic rings. The third-order valence-electron chi connectivity index (χ3n) is 14.2. The minimum absolute atomic E-state index is 0.0350. The number of aliphatic hydroxyl groups excluding tert-OH is 2. The molecule has 5 rings (SSSR count). The van der Waals surface area contributed by atoms with Crippen LogP contribution in [0.4, 0.5) is 0 Å². The maximum absolute atomic E-state index is 14.8. The molecule has 0 radical (unpaired) electrons. The van der Waals surface area contributed by atoms with Crippen molar-refractivity contribution in [2.45, 2.75) is 173 Å². The van der Waals surface area contributed by atoms with Gasteiger partial charge in [0, 0.05) is 61.2 Å². The van der Waals surface area contributed by atoms with Crippen molar-refractivity contribution < 1.29 is 57.7 Å². The molecule has 0 saturated carbocycles. The van der Waals surface area contributed by atoms with Crippen molar-refractivity contribution in [2.24, 2.45) is 29.6 Å². The Bertz CT molecular complexity index is 1750. The normalized spacial score (nSPS) is 43.6. The molecule has 62 heavy (non-hydrogen) atoms. The molecule has 14 heteroatoms. The van der Waals surface area contributed by atoms with Gasteiger partial charge in [0.15, 0.2) is 12.6 Å². The summed E-state index contributed by atoms with van der Waals surface area (Å²) in [6.45, 7) is 23.2. The number of methoxy groups -OCH3 is 1. The summed E-state index contributed by atoms with van der Waals surface area (Å²) in [6.07, 6.45) is -3.10. The van der Waals surface area contributed by atoms with E-state index in [0.29, 0.717) is 18.4 Å². The van der Waals surface area contributed by atoms with Crippen LogP contribution in [0.25, 0.3) is 0 Å². The van der Waals surface area contributed by atoms with Crippen molar-refractivity contribution in [1.29, 1.82) is 0 Å². The Labute approximate surface area is 369 Å².